The standard InChI is InChI=1S/C16H12F3N3O6S2.Na/c17-16(18,19)9-4-2-1-3-7(9)11-5-8-10-6-21(12(14(20)23)13(8)29-11)15(24)22(10)28-30(25,26)27;/h1-5,10,12H,6H2,(H2,20,23)(H,25,26,27);/q;+1/p-1. The summed E-state index contributed by atoms with van der Waals surface area (Å²) < 4.78 is 77.6. The summed E-state index contributed by atoms with van der Waals surface area (Å²) in [4.78, 5) is 25.7. The molecule has 2 aliphatic rings. The molecule has 1 saturated heterocycles. The summed E-state index contributed by atoms with van der Waals surface area (Å²) in [5.41, 5.74) is 4.52. The maximum Gasteiger partial charge on any atom is 1.00 e. The van der Waals surface area contributed by atoms with Crippen LogP contribution in [0.3, 0.4) is 0 Å². The van der Waals surface area contributed by atoms with E-state index in [-0.39, 0.29) is 57.0 Å². The summed E-state index contributed by atoms with van der Waals surface area (Å²) >= 11 is 0.820. The van der Waals surface area contributed by atoms with E-state index in [9.17, 15) is 35.7 Å². The first-order valence-corrected chi connectivity index (χ1v) is 10.4. The minimum atomic E-state index is -5.32. The Morgan fingerprint density at radius 3 is 2.52 bits per heavy atom. The normalized spacial score (nSPS) is 20.5. The van der Waals surface area contributed by atoms with Crippen LogP contribution >= 0.6 is 11.3 Å². The summed E-state index contributed by atoms with van der Waals surface area (Å²) in [6, 6.07) is 2.58. The van der Waals surface area contributed by atoms with Gasteiger partial charge in [-0.25, -0.2) is 13.2 Å². The number of fused-ring (bicyclic) bond motifs is 4. The Kier molecular flexibility index (Phi) is 6.21. The van der Waals surface area contributed by atoms with Gasteiger partial charge in [0.1, 0.15) is 12.1 Å². The number of amides is 3. The molecule has 0 aliphatic carbocycles. The molecule has 2 unspecified atom stereocenters. The Hall–Kier alpha value is -1.68. The van der Waals surface area contributed by atoms with E-state index in [0.717, 1.165) is 22.3 Å². The number of halogens is 3. The number of urea groups is 1. The van der Waals surface area contributed by atoms with E-state index < -0.39 is 46.2 Å². The third-order valence-corrected chi connectivity index (χ3v) is 6.32. The zero-order valence-electron chi connectivity index (χ0n) is 15.6. The Morgan fingerprint density at radius 1 is 1.29 bits per heavy atom. The van der Waals surface area contributed by atoms with E-state index in [4.69, 9.17) is 5.73 Å². The Balaban J connectivity index is 0.00000272. The first-order chi connectivity index (χ1) is 13.9. The molecule has 0 radical (unpaired) electrons. The molecule has 2 N–H and O–H groups in total. The van der Waals surface area contributed by atoms with Crippen LogP contribution in [0, 0.1) is 0 Å². The fourth-order valence-electron chi connectivity index (χ4n) is 3.62. The van der Waals surface area contributed by atoms with Crippen molar-refractivity contribution < 1.29 is 69.6 Å². The maximum absolute atomic E-state index is 13.4. The van der Waals surface area contributed by atoms with Gasteiger partial charge in [0.2, 0.25) is 16.3 Å². The molecule has 2 aliphatic heterocycles. The van der Waals surface area contributed by atoms with E-state index in [1.165, 1.54) is 24.3 Å². The molecule has 0 saturated carbocycles. The molecule has 1 fully saturated rings. The minimum absolute atomic E-state index is 0. The Bertz CT molecular complexity index is 1170. The van der Waals surface area contributed by atoms with Crippen molar-refractivity contribution in [1.29, 1.82) is 0 Å². The Morgan fingerprint density at radius 2 is 1.94 bits per heavy atom. The molecular weight excluding hydrogens is 474 g/mol. The van der Waals surface area contributed by atoms with Gasteiger partial charge in [-0.15, -0.1) is 11.3 Å². The van der Waals surface area contributed by atoms with E-state index in [1.54, 1.807) is 0 Å². The van der Waals surface area contributed by atoms with Crippen LogP contribution in [0.2, 0.25) is 0 Å². The van der Waals surface area contributed by atoms with Crippen LogP contribution in [0.1, 0.15) is 28.1 Å². The van der Waals surface area contributed by atoms with Gasteiger partial charge in [-0.3, -0.25) is 4.79 Å². The molecule has 2 atom stereocenters. The molecule has 1 aromatic heterocycles. The molecule has 0 spiro atoms. The predicted molar refractivity (Wildman–Crippen MR) is 94.2 cm³/mol. The number of primary amides is 1. The van der Waals surface area contributed by atoms with E-state index >= 15 is 0 Å². The largest absolute Gasteiger partial charge is 1.00 e. The number of nitrogens with two attached hydrogens (primary N) is 1. The van der Waals surface area contributed by atoms with Crippen LogP contribution in [-0.4, -0.2) is 41.4 Å². The summed E-state index contributed by atoms with van der Waals surface area (Å²) in [6.45, 7) is -0.230. The molecule has 160 valence electrons. The third-order valence-electron chi connectivity index (χ3n) is 4.74. The van der Waals surface area contributed by atoms with Crippen LogP contribution in [0.25, 0.3) is 10.4 Å². The second kappa shape index (κ2) is 8.03. The van der Waals surface area contributed by atoms with Crippen LogP contribution in [0.15, 0.2) is 30.3 Å². The fraction of sp³-hybridized carbons (Fsp3) is 0.250. The topological polar surface area (TPSA) is 133 Å². The number of hydrogen-bond acceptors (Lipinski definition) is 7. The minimum Gasteiger partial charge on any atom is -0.724 e. The molecular formula is C16H11F3N3NaO6S2. The smallest absolute Gasteiger partial charge is 0.724 e. The first-order valence-electron chi connectivity index (χ1n) is 8.23. The fourth-order valence-corrected chi connectivity index (χ4v) is 5.36. The molecule has 4 rings (SSSR count). The number of alkyl halides is 3. The van der Waals surface area contributed by atoms with Crippen molar-refractivity contribution in [3.05, 3.63) is 46.3 Å². The van der Waals surface area contributed by atoms with Gasteiger partial charge in [-0.05, 0) is 17.7 Å². The molecule has 3 heterocycles. The van der Waals surface area contributed by atoms with Gasteiger partial charge in [0, 0.05) is 15.3 Å². The van der Waals surface area contributed by atoms with Gasteiger partial charge in [-0.1, -0.05) is 18.2 Å². The number of nitrogens with zero attached hydrogens (tertiary/aromatic N) is 2. The van der Waals surface area contributed by atoms with Crippen molar-refractivity contribution >= 4 is 33.7 Å². The summed E-state index contributed by atoms with van der Waals surface area (Å²) in [5.74, 6) is -0.965. The zero-order valence-corrected chi connectivity index (χ0v) is 19.3. The van der Waals surface area contributed by atoms with Crippen molar-refractivity contribution in [2.24, 2.45) is 5.73 Å². The molecule has 2 aromatic rings. The van der Waals surface area contributed by atoms with Gasteiger partial charge in [0.05, 0.1) is 12.1 Å². The number of hydroxylamine groups is 2. The van der Waals surface area contributed by atoms with Gasteiger partial charge < -0.3 is 15.2 Å². The van der Waals surface area contributed by atoms with Gasteiger partial charge >= 0.3 is 41.8 Å². The molecule has 31 heavy (non-hydrogen) atoms. The summed E-state index contributed by atoms with van der Waals surface area (Å²) in [5, 5.41) is 0.302. The number of hydrogen-bond donors (Lipinski definition) is 1. The summed E-state index contributed by atoms with van der Waals surface area (Å²) in [7, 11) is -5.32. The van der Waals surface area contributed by atoms with Crippen molar-refractivity contribution in [3.8, 4) is 10.4 Å². The van der Waals surface area contributed by atoms with E-state index in [0.29, 0.717) is 5.06 Å². The van der Waals surface area contributed by atoms with Crippen molar-refractivity contribution in [1.82, 2.24) is 9.96 Å². The molecule has 2 bridgehead atoms. The second-order valence-corrected chi connectivity index (χ2v) is 8.59. The number of carbonyl (C=O) groups is 2. The Labute approximate surface area is 199 Å². The zero-order chi connectivity index (χ0) is 22.0. The second-order valence-electron chi connectivity index (χ2n) is 6.54. The monoisotopic (exact) mass is 485 g/mol. The average Bonchev–Trinajstić information content (AvgIpc) is 3.17. The maximum atomic E-state index is 13.4. The number of thiophene rings is 1. The molecule has 15 heteroatoms. The van der Waals surface area contributed by atoms with Crippen LogP contribution < -0.4 is 35.3 Å². The van der Waals surface area contributed by atoms with E-state index in [1.807, 2.05) is 0 Å². The quantitative estimate of drug-likeness (QED) is 0.341. The van der Waals surface area contributed by atoms with Crippen molar-refractivity contribution in [3.63, 3.8) is 0 Å². The van der Waals surface area contributed by atoms with Crippen molar-refractivity contribution in [2.75, 3.05) is 6.54 Å². The first kappa shape index (κ1) is 24.0. The molecule has 3 amide bonds. The predicted octanol–water partition coefficient (Wildman–Crippen LogP) is -0.852. The number of rotatable bonds is 4. The van der Waals surface area contributed by atoms with Gasteiger partial charge in [-0.2, -0.15) is 22.5 Å². The third kappa shape index (κ3) is 4.20. The van der Waals surface area contributed by atoms with Crippen LogP contribution in [-0.2, 0) is 25.7 Å². The van der Waals surface area contributed by atoms with E-state index in [2.05, 4.69) is 4.28 Å². The van der Waals surface area contributed by atoms with Crippen LogP contribution in [0.5, 0.6) is 0 Å². The van der Waals surface area contributed by atoms with Gasteiger partial charge in [0.15, 0.2) is 0 Å². The van der Waals surface area contributed by atoms with Crippen molar-refractivity contribution in [2.45, 2.75) is 18.3 Å². The average molecular weight is 485 g/mol. The molecule has 1 aromatic carbocycles. The number of carbonyl (C=O) groups excluding carboxylic acids is 2. The SMILES string of the molecule is NC(=O)C1c2sc(-c3ccccc3C(F)(F)F)cc2C2CN1C(=O)N2OS(=O)(=O)[O-].[Na+]. The van der Waals surface area contributed by atoms with Crippen LogP contribution in [0.4, 0.5) is 18.0 Å². The van der Waals surface area contributed by atoms with Gasteiger partial charge in [0.25, 0.3) is 0 Å². The summed E-state index contributed by atoms with van der Waals surface area (Å²) in [6.07, 6.45) is -4.64. The number of benzene rings is 1. The molecule has 9 nitrogen and oxygen atoms in total.